The molecule has 1 saturated heterocycles. The number of benzene rings is 1. The van der Waals surface area contributed by atoms with Gasteiger partial charge in [-0.25, -0.2) is 0 Å². The SMILES string of the molecule is C=C1OB(c2cc(C(=O)NCC3CC3)ccc2C)OC1(C)C. The summed E-state index contributed by atoms with van der Waals surface area (Å²) in [5.41, 5.74) is 2.05. The molecular formula is C17H22BNO3. The molecule has 3 rings (SSSR count). The highest BCUT2D eigenvalue weighted by atomic mass is 16.7. The number of hydrogen-bond acceptors (Lipinski definition) is 3. The van der Waals surface area contributed by atoms with Crippen molar-refractivity contribution in [1.82, 2.24) is 5.32 Å². The fourth-order valence-electron chi connectivity index (χ4n) is 2.45. The minimum absolute atomic E-state index is 0.0377. The lowest BCUT2D eigenvalue weighted by atomic mass is 9.75. The fraction of sp³-hybridized carbons (Fsp3) is 0.471. The molecule has 0 spiro atoms. The van der Waals surface area contributed by atoms with Crippen LogP contribution in [0, 0.1) is 12.8 Å². The summed E-state index contributed by atoms with van der Waals surface area (Å²) in [5.74, 6) is 1.24. The van der Waals surface area contributed by atoms with Gasteiger partial charge in [0, 0.05) is 17.6 Å². The van der Waals surface area contributed by atoms with E-state index >= 15 is 0 Å². The second-order valence-corrected chi connectivity index (χ2v) is 6.73. The average molecular weight is 299 g/mol. The van der Waals surface area contributed by atoms with Crippen LogP contribution in [0.25, 0.3) is 0 Å². The number of hydrogen-bond donors (Lipinski definition) is 1. The van der Waals surface area contributed by atoms with Crippen LogP contribution >= 0.6 is 0 Å². The number of rotatable bonds is 4. The predicted octanol–water partition coefficient (Wildman–Crippen LogP) is 2.17. The minimum Gasteiger partial charge on any atom is -0.534 e. The third-order valence-electron chi connectivity index (χ3n) is 4.37. The number of carbonyl (C=O) groups excluding carboxylic acids is 1. The van der Waals surface area contributed by atoms with Gasteiger partial charge >= 0.3 is 7.12 Å². The minimum atomic E-state index is -0.513. The first-order chi connectivity index (χ1) is 10.4. The molecule has 0 unspecified atom stereocenters. The molecule has 116 valence electrons. The molecule has 1 aromatic carbocycles. The summed E-state index contributed by atoms with van der Waals surface area (Å²) in [5, 5.41) is 2.99. The maximum atomic E-state index is 12.2. The van der Waals surface area contributed by atoms with Gasteiger partial charge in [0.2, 0.25) is 0 Å². The van der Waals surface area contributed by atoms with E-state index in [2.05, 4.69) is 11.9 Å². The Labute approximate surface area is 132 Å². The topological polar surface area (TPSA) is 47.6 Å². The van der Waals surface area contributed by atoms with Crippen molar-refractivity contribution < 1.29 is 14.1 Å². The molecule has 0 aromatic heterocycles. The Hall–Kier alpha value is -1.75. The first kappa shape index (κ1) is 15.2. The molecule has 1 aliphatic carbocycles. The van der Waals surface area contributed by atoms with E-state index in [1.807, 2.05) is 39.0 Å². The van der Waals surface area contributed by atoms with Crippen molar-refractivity contribution in [3.05, 3.63) is 41.7 Å². The van der Waals surface area contributed by atoms with Gasteiger partial charge < -0.3 is 14.6 Å². The van der Waals surface area contributed by atoms with Crippen molar-refractivity contribution in [2.45, 2.75) is 39.2 Å². The quantitative estimate of drug-likeness (QED) is 0.867. The van der Waals surface area contributed by atoms with E-state index in [0.29, 0.717) is 17.2 Å². The largest absolute Gasteiger partial charge is 0.563 e. The maximum Gasteiger partial charge on any atom is 0.563 e. The summed E-state index contributed by atoms with van der Waals surface area (Å²) >= 11 is 0. The molecule has 1 heterocycles. The average Bonchev–Trinajstić information content (AvgIpc) is 3.24. The van der Waals surface area contributed by atoms with Gasteiger partial charge in [-0.05, 0) is 51.7 Å². The smallest absolute Gasteiger partial charge is 0.534 e. The summed E-state index contributed by atoms with van der Waals surface area (Å²) in [6, 6.07) is 5.63. The monoisotopic (exact) mass is 299 g/mol. The molecule has 0 atom stereocenters. The van der Waals surface area contributed by atoms with E-state index in [4.69, 9.17) is 9.31 Å². The Morgan fingerprint density at radius 3 is 2.77 bits per heavy atom. The zero-order valence-electron chi connectivity index (χ0n) is 13.4. The Morgan fingerprint density at radius 2 is 2.18 bits per heavy atom. The van der Waals surface area contributed by atoms with Crippen molar-refractivity contribution in [3.63, 3.8) is 0 Å². The molecule has 4 nitrogen and oxygen atoms in total. The second kappa shape index (κ2) is 5.47. The first-order valence-corrected chi connectivity index (χ1v) is 7.79. The standard InChI is InChI=1S/C17H22BNO3/c1-11-5-8-14(16(20)19-10-13-6-7-13)9-15(11)18-21-12(2)17(3,4)22-18/h5,8-9,13H,2,6-7,10H2,1,3-4H3,(H,19,20). The molecule has 2 fully saturated rings. The van der Waals surface area contributed by atoms with E-state index < -0.39 is 12.7 Å². The van der Waals surface area contributed by atoms with Crippen molar-refractivity contribution in [2.75, 3.05) is 6.54 Å². The number of carbonyl (C=O) groups is 1. The zero-order valence-corrected chi connectivity index (χ0v) is 13.4. The highest BCUT2D eigenvalue weighted by molar-refractivity contribution is 6.63. The molecule has 1 aliphatic heterocycles. The molecule has 1 N–H and O–H groups in total. The highest BCUT2D eigenvalue weighted by Gasteiger charge is 2.43. The van der Waals surface area contributed by atoms with E-state index in [1.165, 1.54) is 12.8 Å². The first-order valence-electron chi connectivity index (χ1n) is 7.79. The van der Waals surface area contributed by atoms with Crippen molar-refractivity contribution in [1.29, 1.82) is 0 Å². The fourth-order valence-corrected chi connectivity index (χ4v) is 2.45. The molecule has 1 amide bonds. The van der Waals surface area contributed by atoms with Gasteiger partial charge in [0.15, 0.2) is 0 Å². The molecule has 22 heavy (non-hydrogen) atoms. The Morgan fingerprint density at radius 1 is 1.45 bits per heavy atom. The third kappa shape index (κ3) is 3.04. The van der Waals surface area contributed by atoms with Crippen LogP contribution in [0.5, 0.6) is 0 Å². The van der Waals surface area contributed by atoms with Crippen LogP contribution in [0.2, 0.25) is 0 Å². The summed E-state index contributed by atoms with van der Waals surface area (Å²) in [7, 11) is -0.501. The Balaban J connectivity index is 1.78. The maximum absolute atomic E-state index is 12.2. The summed E-state index contributed by atoms with van der Waals surface area (Å²) in [6.45, 7) is 10.5. The van der Waals surface area contributed by atoms with Crippen LogP contribution in [0.1, 0.15) is 42.6 Å². The lowest BCUT2D eigenvalue weighted by Crippen LogP contribution is -2.37. The number of amides is 1. The van der Waals surface area contributed by atoms with Crippen molar-refractivity contribution in [2.24, 2.45) is 5.92 Å². The van der Waals surface area contributed by atoms with Crippen molar-refractivity contribution in [3.8, 4) is 0 Å². The van der Waals surface area contributed by atoms with Crippen molar-refractivity contribution >= 4 is 18.5 Å². The molecular weight excluding hydrogens is 277 g/mol. The number of aryl methyl sites for hydroxylation is 1. The van der Waals surface area contributed by atoms with E-state index in [0.717, 1.165) is 17.6 Å². The molecule has 2 aliphatic rings. The van der Waals surface area contributed by atoms with Gasteiger partial charge in [-0.15, -0.1) is 0 Å². The number of nitrogens with one attached hydrogen (secondary N) is 1. The van der Waals surface area contributed by atoms with Crippen LogP contribution in [0.3, 0.4) is 0 Å². The van der Waals surface area contributed by atoms with E-state index in [-0.39, 0.29) is 5.91 Å². The Kier molecular flexibility index (Phi) is 3.77. The van der Waals surface area contributed by atoms with Crippen LogP contribution in [0.4, 0.5) is 0 Å². The van der Waals surface area contributed by atoms with Gasteiger partial charge in [-0.2, -0.15) is 0 Å². The van der Waals surface area contributed by atoms with Crippen LogP contribution in [-0.2, 0) is 9.31 Å². The second-order valence-electron chi connectivity index (χ2n) is 6.73. The van der Waals surface area contributed by atoms with E-state index in [9.17, 15) is 4.79 Å². The van der Waals surface area contributed by atoms with Gasteiger partial charge in [0.1, 0.15) is 5.60 Å². The third-order valence-corrected chi connectivity index (χ3v) is 4.37. The highest BCUT2D eigenvalue weighted by Crippen LogP contribution is 2.30. The van der Waals surface area contributed by atoms with Crippen LogP contribution < -0.4 is 10.8 Å². The molecule has 0 bridgehead atoms. The molecule has 1 saturated carbocycles. The predicted molar refractivity (Wildman–Crippen MR) is 87.0 cm³/mol. The lowest BCUT2D eigenvalue weighted by Gasteiger charge is -2.16. The normalized spacial score (nSPS) is 20.0. The van der Waals surface area contributed by atoms with Gasteiger partial charge in [0.25, 0.3) is 5.91 Å². The molecule has 1 aromatic rings. The summed E-state index contributed by atoms with van der Waals surface area (Å²) in [6.07, 6.45) is 2.45. The molecule has 0 radical (unpaired) electrons. The summed E-state index contributed by atoms with van der Waals surface area (Å²) < 4.78 is 11.7. The summed E-state index contributed by atoms with van der Waals surface area (Å²) in [4.78, 5) is 12.2. The van der Waals surface area contributed by atoms with E-state index in [1.54, 1.807) is 0 Å². The lowest BCUT2D eigenvalue weighted by molar-refractivity contribution is 0.0952. The Bertz CT molecular complexity index is 622. The van der Waals surface area contributed by atoms with Gasteiger partial charge in [-0.1, -0.05) is 18.2 Å². The molecule has 5 heteroatoms. The van der Waals surface area contributed by atoms with Crippen LogP contribution in [0.15, 0.2) is 30.5 Å². The zero-order chi connectivity index (χ0) is 15.9. The van der Waals surface area contributed by atoms with Gasteiger partial charge in [-0.3, -0.25) is 4.79 Å². The van der Waals surface area contributed by atoms with Crippen LogP contribution in [-0.4, -0.2) is 25.2 Å². The van der Waals surface area contributed by atoms with Gasteiger partial charge in [0.05, 0.1) is 5.76 Å².